The first kappa shape index (κ1) is 16.8. The van der Waals surface area contributed by atoms with E-state index in [9.17, 15) is 4.79 Å². The van der Waals surface area contributed by atoms with Gasteiger partial charge in [-0.25, -0.2) is 4.98 Å². The molecule has 4 nitrogen and oxygen atoms in total. The van der Waals surface area contributed by atoms with E-state index in [1.807, 2.05) is 42.6 Å². The number of hydrogen-bond acceptors (Lipinski definition) is 4. The average Bonchev–Trinajstić information content (AvgIpc) is 3.06. The normalized spacial score (nSPS) is 10.6. The van der Waals surface area contributed by atoms with Crippen molar-refractivity contribution < 1.29 is 4.79 Å². The van der Waals surface area contributed by atoms with Crippen molar-refractivity contribution in [3.8, 4) is 10.6 Å². The molecule has 0 aliphatic heterocycles. The summed E-state index contributed by atoms with van der Waals surface area (Å²) in [4.78, 5) is 22.8. The molecular formula is C18H16BrN3OS. The van der Waals surface area contributed by atoms with Gasteiger partial charge in [0, 0.05) is 40.5 Å². The molecule has 0 N–H and O–H groups in total. The smallest absolute Gasteiger partial charge is 0.232 e. The fourth-order valence-corrected chi connectivity index (χ4v) is 3.32. The van der Waals surface area contributed by atoms with Crippen LogP contribution in [0, 0.1) is 6.92 Å². The third-order valence-corrected chi connectivity index (χ3v) is 5.53. The average molecular weight is 402 g/mol. The van der Waals surface area contributed by atoms with Gasteiger partial charge in [0.05, 0.1) is 12.1 Å². The van der Waals surface area contributed by atoms with E-state index >= 15 is 0 Å². The van der Waals surface area contributed by atoms with Crippen LogP contribution < -0.4 is 4.90 Å². The number of amides is 1. The first-order valence-electron chi connectivity index (χ1n) is 7.42. The van der Waals surface area contributed by atoms with Gasteiger partial charge in [0.2, 0.25) is 5.91 Å². The third-order valence-electron chi connectivity index (χ3n) is 3.70. The van der Waals surface area contributed by atoms with Crippen LogP contribution >= 0.6 is 27.3 Å². The number of carbonyl (C=O) groups excluding carboxylic acids is 1. The van der Waals surface area contributed by atoms with Crippen LogP contribution in [-0.2, 0) is 11.2 Å². The Hall–Kier alpha value is -2.05. The minimum absolute atomic E-state index is 0.0137. The first-order valence-corrected chi connectivity index (χ1v) is 9.09. The number of benzene rings is 1. The Kier molecular flexibility index (Phi) is 5.06. The highest BCUT2D eigenvalue weighted by Crippen LogP contribution is 2.25. The summed E-state index contributed by atoms with van der Waals surface area (Å²) in [5, 5.41) is 2.81. The van der Waals surface area contributed by atoms with Gasteiger partial charge in [0.1, 0.15) is 5.01 Å². The quantitative estimate of drug-likeness (QED) is 0.647. The van der Waals surface area contributed by atoms with Crippen LogP contribution in [0.4, 0.5) is 5.69 Å². The number of likely N-dealkylation sites (N-methyl/N-ethyl adjacent to an activating group) is 1. The Morgan fingerprint density at radius 1 is 1.33 bits per heavy atom. The first-order chi connectivity index (χ1) is 11.5. The number of carbonyl (C=O) groups is 1. The van der Waals surface area contributed by atoms with Crippen LogP contribution in [-0.4, -0.2) is 22.9 Å². The number of nitrogens with zero attached hydrogens (tertiary/aromatic N) is 3. The molecular weight excluding hydrogens is 386 g/mol. The molecule has 24 heavy (non-hydrogen) atoms. The number of thiazole rings is 1. The molecule has 1 aromatic carbocycles. The Balaban J connectivity index is 1.73. The van der Waals surface area contributed by atoms with E-state index in [2.05, 4.69) is 25.9 Å². The van der Waals surface area contributed by atoms with Crippen molar-refractivity contribution in [1.29, 1.82) is 0 Å². The SMILES string of the molecule is Cc1cc(N(C)C(=O)Cc2csc(-c3cccnc3)n2)ccc1Br. The molecule has 0 bridgehead atoms. The largest absolute Gasteiger partial charge is 0.315 e. The molecule has 0 aliphatic carbocycles. The van der Waals surface area contributed by atoms with E-state index in [-0.39, 0.29) is 12.3 Å². The fourth-order valence-electron chi connectivity index (χ4n) is 2.27. The second-order valence-electron chi connectivity index (χ2n) is 5.45. The van der Waals surface area contributed by atoms with Crippen LogP contribution in [0.25, 0.3) is 10.6 Å². The Bertz CT molecular complexity index is 864. The van der Waals surface area contributed by atoms with E-state index in [4.69, 9.17) is 0 Å². The maximum atomic E-state index is 12.5. The molecule has 0 saturated carbocycles. The Labute approximate surface area is 153 Å². The molecule has 3 aromatic rings. The highest BCUT2D eigenvalue weighted by atomic mass is 79.9. The molecule has 2 heterocycles. The predicted octanol–water partition coefficient (Wildman–Crippen LogP) is 4.48. The predicted molar refractivity (Wildman–Crippen MR) is 101 cm³/mol. The summed E-state index contributed by atoms with van der Waals surface area (Å²) < 4.78 is 1.03. The van der Waals surface area contributed by atoms with Gasteiger partial charge < -0.3 is 4.90 Å². The van der Waals surface area contributed by atoms with Gasteiger partial charge in [-0.3, -0.25) is 9.78 Å². The van der Waals surface area contributed by atoms with Crippen LogP contribution in [0.3, 0.4) is 0 Å². The van der Waals surface area contributed by atoms with Crippen molar-refractivity contribution >= 4 is 38.9 Å². The topological polar surface area (TPSA) is 46.1 Å². The number of aryl methyl sites for hydroxylation is 1. The number of rotatable bonds is 4. The number of halogens is 1. The summed E-state index contributed by atoms with van der Waals surface area (Å²) in [5.74, 6) is 0.0137. The minimum atomic E-state index is 0.0137. The van der Waals surface area contributed by atoms with Crippen molar-refractivity contribution in [2.24, 2.45) is 0 Å². The highest BCUT2D eigenvalue weighted by molar-refractivity contribution is 9.10. The molecule has 122 valence electrons. The van der Waals surface area contributed by atoms with Gasteiger partial charge in [0.15, 0.2) is 0 Å². The van der Waals surface area contributed by atoms with Crippen molar-refractivity contribution in [1.82, 2.24) is 9.97 Å². The zero-order valence-electron chi connectivity index (χ0n) is 13.4. The molecule has 3 rings (SSSR count). The summed E-state index contributed by atoms with van der Waals surface area (Å²) in [6, 6.07) is 9.72. The molecule has 0 saturated heterocycles. The van der Waals surface area contributed by atoms with Gasteiger partial charge >= 0.3 is 0 Å². The zero-order chi connectivity index (χ0) is 17.1. The van der Waals surface area contributed by atoms with Crippen LogP contribution in [0.2, 0.25) is 0 Å². The molecule has 0 radical (unpaired) electrons. The molecule has 0 spiro atoms. The number of aromatic nitrogens is 2. The van der Waals surface area contributed by atoms with Gasteiger partial charge in [0.25, 0.3) is 0 Å². The number of hydrogen-bond donors (Lipinski definition) is 0. The van der Waals surface area contributed by atoms with Crippen LogP contribution in [0.15, 0.2) is 52.6 Å². The lowest BCUT2D eigenvalue weighted by molar-refractivity contribution is -0.117. The molecule has 6 heteroatoms. The van der Waals surface area contributed by atoms with Crippen molar-refractivity contribution in [2.45, 2.75) is 13.3 Å². The summed E-state index contributed by atoms with van der Waals surface area (Å²) in [6.45, 7) is 2.01. The Morgan fingerprint density at radius 2 is 2.17 bits per heavy atom. The molecule has 0 atom stereocenters. The maximum absolute atomic E-state index is 12.5. The van der Waals surface area contributed by atoms with Crippen molar-refractivity contribution in [3.05, 3.63) is 63.8 Å². The van der Waals surface area contributed by atoms with Crippen LogP contribution in [0.5, 0.6) is 0 Å². The molecule has 0 fully saturated rings. The lowest BCUT2D eigenvalue weighted by atomic mass is 10.2. The van der Waals surface area contributed by atoms with Gasteiger partial charge in [-0.15, -0.1) is 11.3 Å². The Morgan fingerprint density at radius 3 is 2.88 bits per heavy atom. The summed E-state index contributed by atoms with van der Waals surface area (Å²) in [7, 11) is 1.79. The minimum Gasteiger partial charge on any atom is -0.315 e. The number of pyridine rings is 1. The maximum Gasteiger partial charge on any atom is 0.232 e. The third kappa shape index (κ3) is 3.71. The van der Waals surface area contributed by atoms with E-state index in [1.165, 1.54) is 11.3 Å². The summed E-state index contributed by atoms with van der Waals surface area (Å²) in [6.07, 6.45) is 3.79. The van der Waals surface area contributed by atoms with E-state index < -0.39 is 0 Å². The van der Waals surface area contributed by atoms with E-state index in [1.54, 1.807) is 24.3 Å². The fraction of sp³-hybridized carbons (Fsp3) is 0.167. The van der Waals surface area contributed by atoms with E-state index in [0.717, 1.165) is 32.0 Å². The second kappa shape index (κ2) is 7.23. The summed E-state index contributed by atoms with van der Waals surface area (Å²) in [5.41, 5.74) is 3.73. The van der Waals surface area contributed by atoms with Crippen molar-refractivity contribution in [2.75, 3.05) is 11.9 Å². The van der Waals surface area contributed by atoms with Crippen LogP contribution in [0.1, 0.15) is 11.3 Å². The monoisotopic (exact) mass is 401 g/mol. The molecule has 0 unspecified atom stereocenters. The highest BCUT2D eigenvalue weighted by Gasteiger charge is 2.15. The molecule has 0 aliphatic rings. The standard InChI is InChI=1S/C18H16BrN3OS/c1-12-8-15(5-6-16(12)19)22(2)17(23)9-14-11-24-18(21-14)13-4-3-7-20-10-13/h3-8,10-11H,9H2,1-2H3. The summed E-state index contributed by atoms with van der Waals surface area (Å²) >= 11 is 5.01. The second-order valence-corrected chi connectivity index (χ2v) is 7.16. The van der Waals surface area contributed by atoms with Gasteiger partial charge in [-0.05, 0) is 42.8 Å². The lowest BCUT2D eigenvalue weighted by Gasteiger charge is -2.17. The lowest BCUT2D eigenvalue weighted by Crippen LogP contribution is -2.28. The molecule has 2 aromatic heterocycles. The number of anilines is 1. The van der Waals surface area contributed by atoms with Gasteiger partial charge in [-0.2, -0.15) is 0 Å². The van der Waals surface area contributed by atoms with E-state index in [0.29, 0.717) is 0 Å². The van der Waals surface area contributed by atoms with Gasteiger partial charge in [-0.1, -0.05) is 15.9 Å². The van der Waals surface area contributed by atoms with Crippen molar-refractivity contribution in [3.63, 3.8) is 0 Å². The zero-order valence-corrected chi connectivity index (χ0v) is 15.8. The molecule has 1 amide bonds.